The number of alkyl halides is 1. The minimum atomic E-state index is -0.582. The van der Waals surface area contributed by atoms with Crippen LogP contribution in [0.1, 0.15) is 10.5 Å². The third-order valence-corrected chi connectivity index (χ3v) is 1.54. The fourth-order valence-corrected chi connectivity index (χ4v) is 0.865. The molecule has 0 aliphatic carbocycles. The maximum Gasteiger partial charge on any atom is 0.287 e. The summed E-state index contributed by atoms with van der Waals surface area (Å²) >= 11 is 5.24. The monoisotopic (exact) mass is 188 g/mol. The highest BCUT2D eigenvalue weighted by Crippen LogP contribution is 2.12. The van der Waals surface area contributed by atoms with E-state index in [2.05, 4.69) is 4.98 Å². The molecule has 64 valence electrons. The van der Waals surface area contributed by atoms with Gasteiger partial charge in [-0.1, -0.05) is 0 Å². The van der Waals surface area contributed by atoms with E-state index in [0.717, 1.165) is 12.3 Å². The quantitative estimate of drug-likeness (QED) is 0.337. The fourth-order valence-electron chi connectivity index (χ4n) is 0.721. The Bertz CT molecular complexity index is 320. The number of nitrogens with zero attached hydrogens (tertiary/aromatic N) is 1. The van der Waals surface area contributed by atoms with Gasteiger partial charge in [-0.2, -0.15) is 0 Å². The van der Waals surface area contributed by atoms with Crippen LogP contribution < -0.4 is 0 Å². The first-order chi connectivity index (χ1) is 5.65. The van der Waals surface area contributed by atoms with Gasteiger partial charge >= 0.3 is 0 Å². The molecule has 1 heterocycles. The number of aromatic amines is 1. The van der Waals surface area contributed by atoms with Crippen molar-refractivity contribution in [2.24, 2.45) is 0 Å². The van der Waals surface area contributed by atoms with Crippen molar-refractivity contribution in [2.75, 3.05) is 5.88 Å². The minimum absolute atomic E-state index is 0.136. The van der Waals surface area contributed by atoms with E-state index in [4.69, 9.17) is 11.6 Å². The van der Waals surface area contributed by atoms with Gasteiger partial charge in [0.1, 0.15) is 0 Å². The average Bonchev–Trinajstić information content (AvgIpc) is 2.51. The van der Waals surface area contributed by atoms with Crippen molar-refractivity contribution in [2.45, 2.75) is 0 Å². The summed E-state index contributed by atoms with van der Waals surface area (Å²) in [5.41, 5.74) is 0.0279. The molecule has 0 saturated heterocycles. The van der Waals surface area contributed by atoms with E-state index >= 15 is 0 Å². The van der Waals surface area contributed by atoms with Gasteiger partial charge in [0.25, 0.3) is 5.69 Å². The van der Waals surface area contributed by atoms with Gasteiger partial charge < -0.3 is 4.98 Å². The SMILES string of the molecule is O=C(CCl)c1cc([N+](=O)[O-])c[nH]1. The van der Waals surface area contributed by atoms with Crippen LogP contribution in [0, 0.1) is 10.1 Å². The van der Waals surface area contributed by atoms with E-state index in [1.807, 2.05) is 0 Å². The predicted molar refractivity (Wildman–Crippen MR) is 42.5 cm³/mol. The van der Waals surface area contributed by atoms with Gasteiger partial charge in [0.15, 0.2) is 5.78 Å². The van der Waals surface area contributed by atoms with Crippen LogP contribution in [0.3, 0.4) is 0 Å². The lowest BCUT2D eigenvalue weighted by molar-refractivity contribution is -0.384. The van der Waals surface area contributed by atoms with Crippen LogP contribution >= 0.6 is 11.6 Å². The molecule has 0 unspecified atom stereocenters. The number of aromatic nitrogens is 1. The summed E-state index contributed by atoms with van der Waals surface area (Å²) in [6.07, 6.45) is 1.15. The van der Waals surface area contributed by atoms with Crippen molar-refractivity contribution in [3.8, 4) is 0 Å². The zero-order valence-corrected chi connectivity index (χ0v) is 6.67. The van der Waals surface area contributed by atoms with Crippen molar-refractivity contribution < 1.29 is 9.72 Å². The predicted octanol–water partition coefficient (Wildman–Crippen LogP) is 1.34. The van der Waals surface area contributed by atoms with Crippen LogP contribution in [-0.4, -0.2) is 21.6 Å². The van der Waals surface area contributed by atoms with Crippen molar-refractivity contribution in [3.63, 3.8) is 0 Å². The summed E-state index contributed by atoms with van der Waals surface area (Å²) < 4.78 is 0. The Morgan fingerprint density at radius 3 is 2.83 bits per heavy atom. The number of nitro groups is 1. The standard InChI is InChI=1S/C6H5ClN2O3/c7-2-6(10)5-1-4(3-8-5)9(11)12/h1,3,8H,2H2. The van der Waals surface area contributed by atoms with Crippen molar-refractivity contribution >= 4 is 23.1 Å². The maximum atomic E-state index is 10.9. The van der Waals surface area contributed by atoms with Crippen molar-refractivity contribution in [3.05, 3.63) is 28.1 Å². The van der Waals surface area contributed by atoms with Crippen LogP contribution in [0.4, 0.5) is 5.69 Å². The molecule has 1 aromatic rings. The number of hydrogen-bond donors (Lipinski definition) is 1. The molecule has 0 bridgehead atoms. The third-order valence-electron chi connectivity index (χ3n) is 1.30. The minimum Gasteiger partial charge on any atom is -0.353 e. The third kappa shape index (κ3) is 1.62. The molecule has 0 spiro atoms. The number of halogens is 1. The van der Waals surface area contributed by atoms with Gasteiger partial charge in [-0.15, -0.1) is 11.6 Å². The number of carbonyl (C=O) groups is 1. The number of rotatable bonds is 3. The number of nitrogens with one attached hydrogen (secondary N) is 1. The van der Waals surface area contributed by atoms with E-state index in [-0.39, 0.29) is 23.0 Å². The van der Waals surface area contributed by atoms with Crippen LogP contribution in [0.5, 0.6) is 0 Å². The first-order valence-corrected chi connectivity index (χ1v) is 3.60. The zero-order chi connectivity index (χ0) is 9.14. The molecular weight excluding hydrogens is 184 g/mol. The van der Waals surface area contributed by atoms with Gasteiger partial charge in [-0.05, 0) is 0 Å². The molecule has 0 aliphatic rings. The Balaban J connectivity index is 2.91. The first kappa shape index (κ1) is 8.73. The van der Waals surface area contributed by atoms with Crippen LogP contribution in [0.2, 0.25) is 0 Å². The lowest BCUT2D eigenvalue weighted by atomic mass is 10.3. The van der Waals surface area contributed by atoms with Crippen molar-refractivity contribution in [1.82, 2.24) is 4.98 Å². The molecule has 0 aromatic carbocycles. The number of H-pyrrole nitrogens is 1. The van der Waals surface area contributed by atoms with Gasteiger partial charge in [-0.3, -0.25) is 14.9 Å². The smallest absolute Gasteiger partial charge is 0.287 e. The van der Waals surface area contributed by atoms with E-state index in [0.29, 0.717) is 0 Å². The summed E-state index contributed by atoms with van der Waals surface area (Å²) in [7, 11) is 0. The van der Waals surface area contributed by atoms with E-state index in [9.17, 15) is 14.9 Å². The Kier molecular flexibility index (Phi) is 2.44. The fraction of sp³-hybridized carbons (Fsp3) is 0.167. The summed E-state index contributed by atoms with van der Waals surface area (Å²) in [4.78, 5) is 22.9. The van der Waals surface area contributed by atoms with Gasteiger partial charge in [0.05, 0.1) is 22.7 Å². The molecule has 0 atom stereocenters. The molecule has 6 heteroatoms. The molecule has 0 fully saturated rings. The molecular formula is C6H5ClN2O3. The normalized spacial score (nSPS) is 9.75. The lowest BCUT2D eigenvalue weighted by Crippen LogP contribution is -1.99. The van der Waals surface area contributed by atoms with Crippen LogP contribution in [0.25, 0.3) is 0 Å². The lowest BCUT2D eigenvalue weighted by Gasteiger charge is -1.86. The van der Waals surface area contributed by atoms with E-state index in [1.54, 1.807) is 0 Å². The second-order valence-electron chi connectivity index (χ2n) is 2.09. The zero-order valence-electron chi connectivity index (χ0n) is 5.91. The molecule has 0 saturated carbocycles. The molecule has 12 heavy (non-hydrogen) atoms. The Labute approximate surface area is 72.5 Å². The highest BCUT2D eigenvalue weighted by Gasteiger charge is 2.12. The Hall–Kier alpha value is -1.36. The van der Waals surface area contributed by atoms with Crippen LogP contribution in [-0.2, 0) is 0 Å². The van der Waals surface area contributed by atoms with E-state index in [1.165, 1.54) is 0 Å². The second-order valence-corrected chi connectivity index (χ2v) is 2.35. The van der Waals surface area contributed by atoms with Crippen molar-refractivity contribution in [1.29, 1.82) is 0 Å². The highest BCUT2D eigenvalue weighted by atomic mass is 35.5. The summed E-state index contributed by atoms with van der Waals surface area (Å²) in [5, 5.41) is 10.2. The molecule has 1 aromatic heterocycles. The highest BCUT2D eigenvalue weighted by molar-refractivity contribution is 6.30. The maximum absolute atomic E-state index is 10.9. The van der Waals surface area contributed by atoms with Gasteiger partial charge in [0, 0.05) is 6.07 Å². The molecule has 1 rings (SSSR count). The number of ketones is 1. The number of hydrogen-bond acceptors (Lipinski definition) is 3. The second kappa shape index (κ2) is 3.36. The first-order valence-electron chi connectivity index (χ1n) is 3.07. The number of carbonyl (C=O) groups excluding carboxylic acids is 1. The molecule has 0 amide bonds. The summed E-state index contributed by atoms with van der Waals surface area (Å²) in [6.45, 7) is 0. The summed E-state index contributed by atoms with van der Waals surface area (Å²) in [6, 6.07) is 1.16. The van der Waals surface area contributed by atoms with E-state index < -0.39 is 4.92 Å². The van der Waals surface area contributed by atoms with Gasteiger partial charge in [0.2, 0.25) is 0 Å². The molecule has 0 radical (unpaired) electrons. The van der Waals surface area contributed by atoms with Gasteiger partial charge in [-0.25, -0.2) is 0 Å². The molecule has 1 N–H and O–H groups in total. The molecule has 5 nitrogen and oxygen atoms in total. The number of Topliss-reactive ketones (excluding diaryl/α,β-unsaturated/α-hetero) is 1. The van der Waals surface area contributed by atoms with Crippen LogP contribution in [0.15, 0.2) is 12.3 Å². The average molecular weight is 189 g/mol. The summed E-state index contributed by atoms with van der Waals surface area (Å²) in [5.74, 6) is -0.540. The Morgan fingerprint density at radius 2 is 2.42 bits per heavy atom. The largest absolute Gasteiger partial charge is 0.353 e. The Morgan fingerprint density at radius 1 is 1.75 bits per heavy atom. The topological polar surface area (TPSA) is 76.0 Å². The molecule has 0 aliphatic heterocycles.